The average molecular weight is 918 g/mol. The zero-order valence-corrected chi connectivity index (χ0v) is 41.2. The van der Waals surface area contributed by atoms with Gasteiger partial charge in [0.1, 0.15) is 12.1 Å². The first kappa shape index (κ1) is 61.1. The quantitative estimate of drug-likeness (QED) is 0.0233. The maximum Gasteiger partial charge on any atom is 0.472 e. The number of hydrogen-bond acceptors (Lipinski definition) is 8. The Labute approximate surface area is 390 Å². The van der Waals surface area contributed by atoms with Crippen LogP contribution in [0.15, 0.2) is 85.1 Å². The summed E-state index contributed by atoms with van der Waals surface area (Å²) in [5.41, 5.74) is 5.37. The Bertz CT molecular complexity index is 1340. The Morgan fingerprint density at radius 2 is 0.906 bits per heavy atom. The van der Waals surface area contributed by atoms with Crippen LogP contribution in [0.2, 0.25) is 0 Å². The monoisotopic (exact) mass is 918 g/mol. The van der Waals surface area contributed by atoms with Crippen LogP contribution in [0.3, 0.4) is 0 Å². The summed E-state index contributed by atoms with van der Waals surface area (Å²) in [6.07, 6.45) is 62.1. The van der Waals surface area contributed by atoms with Crippen LogP contribution < -0.4 is 5.73 Å². The lowest BCUT2D eigenvalue weighted by atomic mass is 10.1. The Hall–Kier alpha value is -2.85. The number of nitrogens with two attached hydrogens (primary N) is 1. The van der Waals surface area contributed by atoms with Gasteiger partial charge < -0.3 is 25.2 Å². The van der Waals surface area contributed by atoms with Crippen LogP contribution in [0.4, 0.5) is 0 Å². The number of allylic oxidation sites excluding steroid dienone is 14. The molecule has 0 rings (SSSR count). The second kappa shape index (κ2) is 48.1. The molecule has 0 aromatic heterocycles. The summed E-state index contributed by atoms with van der Waals surface area (Å²) >= 11 is 0. The second-order valence-corrected chi connectivity index (χ2v) is 18.0. The molecule has 0 bridgehead atoms. The van der Waals surface area contributed by atoms with Crippen molar-refractivity contribution in [2.24, 2.45) is 5.73 Å². The molecule has 4 N–H and O–H groups in total. The zero-order chi connectivity index (χ0) is 46.9. The summed E-state index contributed by atoms with van der Waals surface area (Å²) in [6.45, 7) is 3.73. The molecule has 64 heavy (non-hydrogen) atoms. The van der Waals surface area contributed by atoms with Gasteiger partial charge >= 0.3 is 19.8 Å². The van der Waals surface area contributed by atoms with Gasteiger partial charge in [0.2, 0.25) is 0 Å². The molecule has 0 aromatic carbocycles. The van der Waals surface area contributed by atoms with Crippen molar-refractivity contribution in [3.63, 3.8) is 0 Å². The smallest absolute Gasteiger partial charge is 0.472 e. The van der Waals surface area contributed by atoms with Crippen LogP contribution in [-0.2, 0) is 32.7 Å². The fourth-order valence-electron chi connectivity index (χ4n) is 6.54. The van der Waals surface area contributed by atoms with Gasteiger partial charge in [-0.25, -0.2) is 4.57 Å². The zero-order valence-electron chi connectivity index (χ0n) is 40.3. The lowest BCUT2D eigenvalue weighted by molar-refractivity contribution is -0.154. The highest BCUT2D eigenvalue weighted by Crippen LogP contribution is 2.43. The van der Waals surface area contributed by atoms with Gasteiger partial charge in [0.15, 0.2) is 0 Å². The van der Waals surface area contributed by atoms with Gasteiger partial charge in [-0.2, -0.15) is 0 Å². The van der Waals surface area contributed by atoms with Crippen LogP contribution in [0, 0.1) is 0 Å². The number of phosphoric acid groups is 1. The Morgan fingerprint density at radius 3 is 1.38 bits per heavy atom. The molecule has 0 amide bonds. The molecule has 3 atom stereocenters. The molecule has 0 radical (unpaired) electrons. The minimum Gasteiger partial charge on any atom is -0.480 e. The standard InChI is InChI=1S/C53H92NO9P/c1-3-5-7-9-11-13-15-17-19-21-23-24-25-26-27-29-31-33-35-37-39-41-43-45-52(55)63-50(48-61-64(58,59)62-49-51(54)53(56)57)47-60-46-44-42-40-38-36-34-32-30-28-22-20-18-16-14-12-10-8-6-4-2/h5,7,11,13,17,19-20,22-24,26-27,31,33,50-51H,3-4,6,8-10,12,14-16,18,21,25,28-30,32,34-49,54H2,1-2H3,(H,56,57)(H,58,59)/b7-5-,13-11-,19-17-,22-20-,24-23-,27-26-,33-31-. The van der Waals surface area contributed by atoms with E-state index in [-0.39, 0.29) is 13.0 Å². The third-order valence-corrected chi connectivity index (χ3v) is 11.4. The highest BCUT2D eigenvalue weighted by Gasteiger charge is 2.27. The van der Waals surface area contributed by atoms with Gasteiger partial charge in [0.05, 0.1) is 19.8 Å². The predicted octanol–water partition coefficient (Wildman–Crippen LogP) is 14.7. The Morgan fingerprint density at radius 1 is 0.516 bits per heavy atom. The normalized spacial score (nSPS) is 14.4. The number of carbonyl (C=O) groups is 2. The van der Waals surface area contributed by atoms with Crippen molar-refractivity contribution >= 4 is 19.8 Å². The highest BCUT2D eigenvalue weighted by molar-refractivity contribution is 7.47. The van der Waals surface area contributed by atoms with Crippen LogP contribution in [-0.4, -0.2) is 60.5 Å². The molecule has 0 aliphatic rings. The Kier molecular flexibility index (Phi) is 46.0. The van der Waals surface area contributed by atoms with E-state index in [1.165, 1.54) is 89.9 Å². The summed E-state index contributed by atoms with van der Waals surface area (Å²) in [4.78, 5) is 33.7. The molecule has 0 heterocycles. The third-order valence-electron chi connectivity index (χ3n) is 10.4. The number of carboxylic acids is 1. The SMILES string of the molecule is CC/C=C\C/C=C\C/C=C\C/C=C\C/C=C\C/C=C\CCCCCCC(=O)OC(COCCCCCCCCCC/C=C\CCCCCCCCC)COP(=O)(O)OCC(N)C(=O)O. The first-order valence-corrected chi connectivity index (χ1v) is 26.6. The second-order valence-electron chi connectivity index (χ2n) is 16.6. The topological polar surface area (TPSA) is 155 Å². The van der Waals surface area contributed by atoms with Crippen molar-refractivity contribution in [2.75, 3.05) is 26.4 Å². The molecule has 11 heteroatoms. The van der Waals surface area contributed by atoms with E-state index in [0.29, 0.717) is 13.0 Å². The average Bonchev–Trinajstić information content (AvgIpc) is 3.28. The van der Waals surface area contributed by atoms with Gasteiger partial charge in [-0.15, -0.1) is 0 Å². The predicted molar refractivity (Wildman–Crippen MR) is 267 cm³/mol. The number of carboxylic acid groups (broad SMARTS) is 1. The van der Waals surface area contributed by atoms with Crippen molar-refractivity contribution in [2.45, 2.75) is 212 Å². The summed E-state index contributed by atoms with van der Waals surface area (Å²) in [7, 11) is -4.64. The largest absolute Gasteiger partial charge is 0.480 e. The van der Waals surface area contributed by atoms with Gasteiger partial charge in [0, 0.05) is 13.0 Å². The molecule has 0 aromatic rings. The summed E-state index contributed by atoms with van der Waals surface area (Å²) in [5.74, 6) is -1.81. The molecule has 10 nitrogen and oxygen atoms in total. The van der Waals surface area contributed by atoms with E-state index in [1.807, 2.05) is 0 Å². The summed E-state index contributed by atoms with van der Waals surface area (Å²) < 4.78 is 33.5. The fourth-order valence-corrected chi connectivity index (χ4v) is 7.32. The first-order valence-electron chi connectivity index (χ1n) is 25.1. The summed E-state index contributed by atoms with van der Waals surface area (Å²) in [5, 5.41) is 8.93. The van der Waals surface area contributed by atoms with Crippen molar-refractivity contribution in [1.29, 1.82) is 0 Å². The van der Waals surface area contributed by atoms with E-state index >= 15 is 0 Å². The molecule has 3 unspecified atom stereocenters. The molecular weight excluding hydrogens is 826 g/mol. The maximum absolute atomic E-state index is 12.7. The highest BCUT2D eigenvalue weighted by atomic mass is 31.2. The molecule has 0 saturated heterocycles. The maximum atomic E-state index is 12.7. The minimum absolute atomic E-state index is 0.000168. The molecule has 0 saturated carbocycles. The van der Waals surface area contributed by atoms with Crippen LogP contribution in [0.25, 0.3) is 0 Å². The molecule has 0 fully saturated rings. The van der Waals surface area contributed by atoms with Gasteiger partial charge in [-0.3, -0.25) is 18.6 Å². The van der Waals surface area contributed by atoms with Crippen LogP contribution >= 0.6 is 7.82 Å². The minimum atomic E-state index is -4.64. The molecular formula is C53H92NO9P. The van der Waals surface area contributed by atoms with Gasteiger partial charge in [0.25, 0.3) is 0 Å². The summed E-state index contributed by atoms with van der Waals surface area (Å²) in [6, 6.07) is -1.48. The van der Waals surface area contributed by atoms with Gasteiger partial charge in [-0.1, -0.05) is 189 Å². The molecule has 0 spiro atoms. The lowest BCUT2D eigenvalue weighted by Gasteiger charge is -2.20. The van der Waals surface area contributed by atoms with Crippen molar-refractivity contribution in [3.8, 4) is 0 Å². The number of aliphatic carboxylic acids is 1. The third kappa shape index (κ3) is 47.1. The Balaban J connectivity index is 4.25. The number of ether oxygens (including phenoxy) is 2. The van der Waals surface area contributed by atoms with E-state index in [9.17, 15) is 19.0 Å². The number of unbranched alkanes of at least 4 members (excludes halogenated alkanes) is 19. The molecule has 368 valence electrons. The van der Waals surface area contributed by atoms with E-state index in [1.54, 1.807) is 0 Å². The number of hydrogen-bond donors (Lipinski definition) is 3. The number of phosphoric ester groups is 1. The first-order chi connectivity index (χ1) is 31.2. The van der Waals surface area contributed by atoms with Crippen molar-refractivity contribution in [1.82, 2.24) is 0 Å². The van der Waals surface area contributed by atoms with E-state index in [0.717, 1.165) is 83.5 Å². The number of rotatable bonds is 47. The molecule has 0 aliphatic carbocycles. The van der Waals surface area contributed by atoms with Crippen molar-refractivity contribution in [3.05, 3.63) is 85.1 Å². The lowest BCUT2D eigenvalue weighted by Crippen LogP contribution is -2.34. The van der Waals surface area contributed by atoms with Gasteiger partial charge in [-0.05, 0) is 89.9 Å². The number of esters is 1. The van der Waals surface area contributed by atoms with Crippen molar-refractivity contribution < 1.29 is 42.7 Å². The van der Waals surface area contributed by atoms with E-state index in [4.69, 9.17) is 29.4 Å². The van der Waals surface area contributed by atoms with Crippen LogP contribution in [0.5, 0.6) is 0 Å². The number of carbonyl (C=O) groups excluding carboxylic acids is 1. The molecule has 0 aliphatic heterocycles. The van der Waals surface area contributed by atoms with E-state index in [2.05, 4.69) is 98.9 Å². The van der Waals surface area contributed by atoms with Crippen LogP contribution in [0.1, 0.15) is 200 Å². The fraction of sp³-hybridized carbons (Fsp3) is 0.698. The van der Waals surface area contributed by atoms with E-state index < -0.39 is 45.1 Å².